The SMILES string of the molecule is COc1cccc(C(CNc2nsnc2Cl)N(C)C)c1. The number of hydrogen-bond donors (Lipinski definition) is 1. The number of nitrogens with zero attached hydrogens (tertiary/aromatic N) is 3. The van der Waals surface area contributed by atoms with Crippen molar-refractivity contribution >= 4 is 29.1 Å². The van der Waals surface area contributed by atoms with Crippen LogP contribution in [0.15, 0.2) is 24.3 Å². The first-order valence-electron chi connectivity index (χ1n) is 6.14. The molecule has 2 rings (SSSR count). The molecule has 0 saturated heterocycles. The topological polar surface area (TPSA) is 50.3 Å². The zero-order valence-electron chi connectivity index (χ0n) is 11.6. The van der Waals surface area contributed by atoms with Gasteiger partial charge in [0.15, 0.2) is 11.0 Å². The van der Waals surface area contributed by atoms with Crippen LogP contribution in [0.1, 0.15) is 11.6 Å². The van der Waals surface area contributed by atoms with E-state index in [2.05, 4.69) is 25.0 Å². The Balaban J connectivity index is 2.12. The number of benzene rings is 1. The van der Waals surface area contributed by atoms with Gasteiger partial charge in [-0.05, 0) is 31.8 Å². The molecule has 0 aliphatic carbocycles. The van der Waals surface area contributed by atoms with Crippen molar-refractivity contribution < 1.29 is 4.74 Å². The molecule has 20 heavy (non-hydrogen) atoms. The number of hydrogen-bond acceptors (Lipinski definition) is 6. The monoisotopic (exact) mass is 312 g/mol. The van der Waals surface area contributed by atoms with Gasteiger partial charge in [-0.2, -0.15) is 8.75 Å². The zero-order valence-corrected chi connectivity index (χ0v) is 13.2. The van der Waals surface area contributed by atoms with E-state index in [1.54, 1.807) is 7.11 Å². The summed E-state index contributed by atoms with van der Waals surface area (Å²) in [6.45, 7) is 0.686. The number of ether oxygens (including phenoxy) is 1. The predicted octanol–water partition coefficient (Wildman–Crippen LogP) is 2.91. The van der Waals surface area contributed by atoms with E-state index < -0.39 is 0 Å². The summed E-state index contributed by atoms with van der Waals surface area (Å²) in [6, 6.07) is 8.22. The number of methoxy groups -OCH3 is 1. The third kappa shape index (κ3) is 3.59. The van der Waals surface area contributed by atoms with Crippen LogP contribution in [0.4, 0.5) is 5.82 Å². The Kier molecular flexibility index (Phi) is 5.17. The van der Waals surface area contributed by atoms with Gasteiger partial charge >= 0.3 is 0 Å². The van der Waals surface area contributed by atoms with E-state index in [4.69, 9.17) is 16.3 Å². The summed E-state index contributed by atoms with van der Waals surface area (Å²) in [5.74, 6) is 1.48. The molecule has 0 aliphatic heterocycles. The molecule has 108 valence electrons. The van der Waals surface area contributed by atoms with Crippen molar-refractivity contribution in [2.24, 2.45) is 0 Å². The van der Waals surface area contributed by atoms with Crippen LogP contribution in [0.25, 0.3) is 0 Å². The Hall–Kier alpha value is -1.37. The normalized spacial score (nSPS) is 12.4. The minimum absolute atomic E-state index is 0.183. The van der Waals surface area contributed by atoms with Crippen molar-refractivity contribution in [3.63, 3.8) is 0 Å². The van der Waals surface area contributed by atoms with Gasteiger partial charge in [0, 0.05) is 6.54 Å². The molecule has 1 aromatic carbocycles. The van der Waals surface area contributed by atoms with Crippen LogP contribution < -0.4 is 10.1 Å². The average molecular weight is 313 g/mol. The lowest BCUT2D eigenvalue weighted by Crippen LogP contribution is -2.27. The highest BCUT2D eigenvalue weighted by molar-refractivity contribution is 6.99. The van der Waals surface area contributed by atoms with Crippen LogP contribution in [0.5, 0.6) is 5.75 Å². The third-order valence-corrected chi connectivity index (χ3v) is 3.91. The Morgan fingerprint density at radius 3 is 2.80 bits per heavy atom. The van der Waals surface area contributed by atoms with Gasteiger partial charge < -0.3 is 15.0 Å². The summed E-state index contributed by atoms with van der Waals surface area (Å²) in [6.07, 6.45) is 0. The average Bonchev–Trinajstić information content (AvgIpc) is 2.84. The van der Waals surface area contributed by atoms with Crippen molar-refractivity contribution in [1.29, 1.82) is 0 Å². The minimum atomic E-state index is 0.183. The quantitative estimate of drug-likeness (QED) is 0.889. The number of aromatic nitrogens is 2. The molecule has 1 N–H and O–H groups in total. The maximum absolute atomic E-state index is 5.94. The second-order valence-corrected chi connectivity index (χ2v) is 5.43. The fraction of sp³-hybridized carbons (Fsp3) is 0.385. The van der Waals surface area contributed by atoms with E-state index in [0.29, 0.717) is 17.5 Å². The van der Waals surface area contributed by atoms with Gasteiger partial charge in [-0.15, -0.1) is 0 Å². The molecule has 7 heteroatoms. The number of rotatable bonds is 6. The highest BCUT2D eigenvalue weighted by atomic mass is 35.5. The molecule has 1 atom stereocenters. The second kappa shape index (κ2) is 6.88. The van der Waals surface area contributed by atoms with E-state index in [1.165, 1.54) is 5.56 Å². The lowest BCUT2D eigenvalue weighted by atomic mass is 10.1. The van der Waals surface area contributed by atoms with E-state index >= 15 is 0 Å². The van der Waals surface area contributed by atoms with Crippen molar-refractivity contribution in [2.75, 3.05) is 33.1 Å². The van der Waals surface area contributed by atoms with Gasteiger partial charge in [0.2, 0.25) is 0 Å². The lowest BCUT2D eigenvalue weighted by molar-refractivity contribution is 0.310. The summed E-state index contributed by atoms with van der Waals surface area (Å²) in [7, 11) is 5.74. The van der Waals surface area contributed by atoms with E-state index in [1.807, 2.05) is 32.3 Å². The number of nitrogens with one attached hydrogen (secondary N) is 1. The van der Waals surface area contributed by atoms with E-state index in [-0.39, 0.29) is 6.04 Å². The fourth-order valence-electron chi connectivity index (χ4n) is 1.92. The van der Waals surface area contributed by atoms with E-state index in [0.717, 1.165) is 17.5 Å². The predicted molar refractivity (Wildman–Crippen MR) is 82.8 cm³/mol. The second-order valence-electron chi connectivity index (χ2n) is 4.54. The van der Waals surface area contributed by atoms with Gasteiger partial charge in [-0.3, -0.25) is 0 Å². The van der Waals surface area contributed by atoms with Crippen molar-refractivity contribution in [2.45, 2.75) is 6.04 Å². The molecular formula is C13H17ClN4OS. The number of likely N-dealkylation sites (N-methyl/N-ethyl adjacent to an activating group) is 1. The lowest BCUT2D eigenvalue weighted by Gasteiger charge is -2.25. The standard InChI is InChI=1S/C13H17ClN4OS/c1-18(2)11(8-15-13-12(14)16-20-17-13)9-5-4-6-10(7-9)19-3/h4-7,11H,8H2,1-3H3,(H,15,17). The van der Waals surface area contributed by atoms with Crippen LogP contribution in [-0.4, -0.2) is 41.4 Å². The van der Waals surface area contributed by atoms with Gasteiger partial charge in [0.25, 0.3) is 0 Å². The number of halogens is 1. The van der Waals surface area contributed by atoms with E-state index in [9.17, 15) is 0 Å². The molecule has 5 nitrogen and oxygen atoms in total. The molecule has 0 aliphatic rings. The Morgan fingerprint density at radius 2 is 2.20 bits per heavy atom. The zero-order chi connectivity index (χ0) is 14.5. The first-order chi connectivity index (χ1) is 9.61. The molecule has 0 saturated carbocycles. The molecular weight excluding hydrogens is 296 g/mol. The Morgan fingerprint density at radius 1 is 1.40 bits per heavy atom. The summed E-state index contributed by atoms with van der Waals surface area (Å²) >= 11 is 7.04. The Labute approximate surface area is 127 Å². The van der Waals surface area contributed by atoms with Crippen LogP contribution in [0.2, 0.25) is 5.15 Å². The maximum atomic E-state index is 5.94. The summed E-state index contributed by atoms with van der Waals surface area (Å²) in [5, 5.41) is 3.65. The minimum Gasteiger partial charge on any atom is -0.497 e. The molecule has 0 spiro atoms. The summed E-state index contributed by atoms with van der Waals surface area (Å²) in [5.41, 5.74) is 1.17. The van der Waals surface area contributed by atoms with Crippen LogP contribution in [0, 0.1) is 0 Å². The maximum Gasteiger partial charge on any atom is 0.186 e. The Bertz CT molecular complexity index is 561. The number of anilines is 1. The largest absolute Gasteiger partial charge is 0.497 e. The fourth-order valence-corrected chi connectivity index (χ4v) is 2.61. The summed E-state index contributed by atoms with van der Waals surface area (Å²) in [4.78, 5) is 2.13. The van der Waals surface area contributed by atoms with Crippen molar-refractivity contribution in [3.05, 3.63) is 35.0 Å². The molecule has 0 bridgehead atoms. The molecule has 1 aromatic heterocycles. The summed E-state index contributed by atoms with van der Waals surface area (Å²) < 4.78 is 13.3. The first-order valence-corrected chi connectivity index (χ1v) is 7.25. The van der Waals surface area contributed by atoms with Crippen molar-refractivity contribution in [1.82, 2.24) is 13.6 Å². The highest BCUT2D eigenvalue weighted by Gasteiger charge is 2.16. The molecule has 1 heterocycles. The van der Waals surface area contributed by atoms with Crippen LogP contribution in [0.3, 0.4) is 0 Å². The van der Waals surface area contributed by atoms with Crippen molar-refractivity contribution in [3.8, 4) is 5.75 Å². The molecule has 0 radical (unpaired) electrons. The molecule has 0 fully saturated rings. The molecule has 2 aromatic rings. The van der Waals surface area contributed by atoms with Gasteiger partial charge in [-0.25, -0.2) is 0 Å². The highest BCUT2D eigenvalue weighted by Crippen LogP contribution is 2.24. The molecule has 1 unspecified atom stereocenters. The van der Waals surface area contributed by atoms with Gasteiger partial charge in [0.1, 0.15) is 5.75 Å². The smallest absolute Gasteiger partial charge is 0.186 e. The van der Waals surface area contributed by atoms with Crippen LogP contribution in [-0.2, 0) is 0 Å². The third-order valence-electron chi connectivity index (χ3n) is 3.01. The van der Waals surface area contributed by atoms with Gasteiger partial charge in [0.05, 0.1) is 24.9 Å². The first kappa shape index (κ1) is 15.0. The molecule has 0 amide bonds. The van der Waals surface area contributed by atoms with Crippen LogP contribution >= 0.6 is 23.3 Å². The van der Waals surface area contributed by atoms with Gasteiger partial charge in [-0.1, -0.05) is 23.7 Å².